The van der Waals surface area contributed by atoms with Crippen molar-refractivity contribution in [2.45, 2.75) is 12.8 Å². The molecular weight excluding hydrogens is 274 g/mol. The molecule has 1 aromatic carbocycles. The molecule has 0 aliphatic heterocycles. The number of aryl methyl sites for hydroxylation is 1. The third-order valence-corrected chi connectivity index (χ3v) is 3.11. The highest BCUT2D eigenvalue weighted by Gasteiger charge is 2.04. The number of pyridine rings is 1. The molecule has 0 aliphatic carbocycles. The number of benzene rings is 1. The van der Waals surface area contributed by atoms with Gasteiger partial charge in [0.15, 0.2) is 0 Å². The van der Waals surface area contributed by atoms with Crippen LogP contribution in [0, 0.1) is 0 Å². The Bertz CT molecular complexity index is 579. The summed E-state index contributed by atoms with van der Waals surface area (Å²) in [5.74, 6) is 0. The van der Waals surface area contributed by atoms with Crippen LogP contribution >= 0.6 is 11.6 Å². The first-order chi connectivity index (χ1) is 9.79. The van der Waals surface area contributed by atoms with Crippen molar-refractivity contribution in [1.29, 1.82) is 0 Å². The topological polar surface area (TPSA) is 39.2 Å². The number of halogens is 1. The van der Waals surface area contributed by atoms with E-state index in [1.807, 2.05) is 42.5 Å². The van der Waals surface area contributed by atoms with Gasteiger partial charge in [0, 0.05) is 16.8 Å². The molecule has 1 heterocycles. The average Bonchev–Trinajstić information content (AvgIpc) is 2.50. The zero-order valence-corrected chi connectivity index (χ0v) is 11.6. The molecule has 0 saturated carbocycles. The molecule has 4 heteroatoms. The van der Waals surface area contributed by atoms with Crippen LogP contribution < -0.4 is 0 Å². The Hall–Kier alpha value is -2.13. The molecule has 2 aromatic rings. The molecule has 0 aliphatic rings. The van der Waals surface area contributed by atoms with Gasteiger partial charge in [-0.2, -0.15) is 0 Å². The predicted molar refractivity (Wildman–Crippen MR) is 79.1 cm³/mol. The Kier molecular flexibility index (Phi) is 5.33. The van der Waals surface area contributed by atoms with Gasteiger partial charge >= 0.3 is 0 Å². The van der Waals surface area contributed by atoms with Crippen molar-refractivity contribution in [2.24, 2.45) is 0 Å². The van der Waals surface area contributed by atoms with Crippen LogP contribution in [0.3, 0.4) is 0 Å². The molecule has 0 fully saturated rings. The molecule has 1 aromatic heterocycles. The minimum atomic E-state index is 0.408. The lowest BCUT2D eigenvalue weighted by Crippen LogP contribution is -1.93. The van der Waals surface area contributed by atoms with E-state index in [-0.39, 0.29) is 0 Å². The SMILES string of the molecule is O=CO/C=C(\CCc1ccc(Cl)cc1)c1ccccn1. The number of carbonyl (C=O) groups is 1. The van der Waals surface area contributed by atoms with E-state index in [1.54, 1.807) is 6.20 Å². The number of hydrogen-bond donors (Lipinski definition) is 0. The largest absolute Gasteiger partial charge is 0.436 e. The zero-order chi connectivity index (χ0) is 14.2. The third kappa shape index (κ3) is 4.21. The second-order valence-corrected chi connectivity index (χ2v) is 4.65. The number of allylic oxidation sites excluding steroid dienone is 1. The lowest BCUT2D eigenvalue weighted by atomic mass is 10.0. The smallest absolute Gasteiger partial charge is 0.297 e. The van der Waals surface area contributed by atoms with Crippen LogP contribution in [-0.4, -0.2) is 11.5 Å². The molecule has 3 nitrogen and oxygen atoms in total. The van der Waals surface area contributed by atoms with Crippen molar-refractivity contribution >= 4 is 23.6 Å². The second kappa shape index (κ2) is 7.46. The Morgan fingerprint density at radius 2 is 2.00 bits per heavy atom. The Morgan fingerprint density at radius 3 is 2.65 bits per heavy atom. The molecule has 2 rings (SSSR count). The maximum absolute atomic E-state index is 10.4. The van der Waals surface area contributed by atoms with Gasteiger partial charge in [-0.3, -0.25) is 9.78 Å². The van der Waals surface area contributed by atoms with Crippen LogP contribution in [0.25, 0.3) is 5.57 Å². The molecule has 0 N–H and O–H groups in total. The first-order valence-corrected chi connectivity index (χ1v) is 6.61. The number of aromatic nitrogens is 1. The summed E-state index contributed by atoms with van der Waals surface area (Å²) >= 11 is 5.86. The molecule has 0 radical (unpaired) electrons. The van der Waals surface area contributed by atoms with Gasteiger partial charge in [-0.1, -0.05) is 29.8 Å². The summed E-state index contributed by atoms with van der Waals surface area (Å²) in [5.41, 5.74) is 2.86. The normalized spacial score (nSPS) is 11.2. The maximum Gasteiger partial charge on any atom is 0.297 e. The molecule has 20 heavy (non-hydrogen) atoms. The predicted octanol–water partition coefficient (Wildman–Crippen LogP) is 3.88. The van der Waals surface area contributed by atoms with E-state index in [2.05, 4.69) is 4.98 Å². The van der Waals surface area contributed by atoms with Gasteiger partial charge in [0.25, 0.3) is 6.47 Å². The van der Waals surface area contributed by atoms with Crippen LogP contribution in [0.2, 0.25) is 5.02 Å². The summed E-state index contributed by atoms with van der Waals surface area (Å²) in [6.45, 7) is 0.408. The van der Waals surface area contributed by atoms with Crippen LogP contribution in [0.4, 0.5) is 0 Å². The van der Waals surface area contributed by atoms with Crippen LogP contribution in [0.15, 0.2) is 54.9 Å². The molecule has 0 unspecified atom stereocenters. The number of rotatable bonds is 6. The fourth-order valence-electron chi connectivity index (χ4n) is 1.84. The summed E-state index contributed by atoms with van der Waals surface area (Å²) in [6.07, 6.45) is 4.71. The average molecular weight is 288 g/mol. The number of hydrogen-bond acceptors (Lipinski definition) is 3. The molecule has 0 atom stereocenters. The monoisotopic (exact) mass is 287 g/mol. The highest BCUT2D eigenvalue weighted by Crippen LogP contribution is 2.19. The summed E-state index contributed by atoms with van der Waals surface area (Å²) < 4.78 is 4.75. The summed E-state index contributed by atoms with van der Waals surface area (Å²) in [7, 11) is 0. The molecule has 0 bridgehead atoms. The van der Waals surface area contributed by atoms with Gasteiger partial charge in [0.2, 0.25) is 0 Å². The lowest BCUT2D eigenvalue weighted by molar-refractivity contribution is -0.123. The molecule has 102 valence electrons. The minimum Gasteiger partial charge on any atom is -0.436 e. The van der Waals surface area contributed by atoms with Gasteiger partial charge in [-0.25, -0.2) is 0 Å². The second-order valence-electron chi connectivity index (χ2n) is 4.22. The fraction of sp³-hybridized carbons (Fsp3) is 0.125. The van der Waals surface area contributed by atoms with Crippen molar-refractivity contribution in [3.8, 4) is 0 Å². The number of nitrogens with zero attached hydrogens (tertiary/aromatic N) is 1. The first kappa shape index (κ1) is 14.3. The summed E-state index contributed by atoms with van der Waals surface area (Å²) in [6, 6.07) is 13.3. The van der Waals surface area contributed by atoms with E-state index in [4.69, 9.17) is 16.3 Å². The zero-order valence-electron chi connectivity index (χ0n) is 10.8. The Balaban J connectivity index is 2.09. The van der Waals surface area contributed by atoms with E-state index < -0.39 is 0 Å². The van der Waals surface area contributed by atoms with Crippen molar-refractivity contribution in [3.05, 3.63) is 71.2 Å². The van der Waals surface area contributed by atoms with Crippen molar-refractivity contribution in [3.63, 3.8) is 0 Å². The highest BCUT2D eigenvalue weighted by molar-refractivity contribution is 6.30. The van der Waals surface area contributed by atoms with Crippen LogP contribution in [0.1, 0.15) is 17.7 Å². The van der Waals surface area contributed by atoms with Gasteiger partial charge in [-0.15, -0.1) is 0 Å². The summed E-state index contributed by atoms with van der Waals surface area (Å²) in [4.78, 5) is 14.6. The molecular formula is C16H14ClNO2. The highest BCUT2D eigenvalue weighted by atomic mass is 35.5. The molecule has 0 spiro atoms. The first-order valence-electron chi connectivity index (χ1n) is 6.23. The minimum absolute atomic E-state index is 0.408. The third-order valence-electron chi connectivity index (χ3n) is 2.86. The van der Waals surface area contributed by atoms with E-state index in [1.165, 1.54) is 11.8 Å². The van der Waals surface area contributed by atoms with Gasteiger partial charge < -0.3 is 4.74 Å². The number of carbonyl (C=O) groups excluding carboxylic acids is 1. The van der Waals surface area contributed by atoms with Crippen molar-refractivity contribution < 1.29 is 9.53 Å². The Labute approximate surface area is 122 Å². The number of ether oxygens (including phenoxy) is 1. The molecule has 0 amide bonds. The fourth-order valence-corrected chi connectivity index (χ4v) is 1.97. The van der Waals surface area contributed by atoms with Crippen molar-refractivity contribution in [1.82, 2.24) is 4.98 Å². The van der Waals surface area contributed by atoms with Crippen LogP contribution in [0.5, 0.6) is 0 Å². The van der Waals surface area contributed by atoms with E-state index in [9.17, 15) is 4.79 Å². The van der Waals surface area contributed by atoms with Gasteiger partial charge in [-0.05, 0) is 42.7 Å². The van der Waals surface area contributed by atoms with Gasteiger partial charge in [0.1, 0.15) is 0 Å². The molecule has 0 saturated heterocycles. The maximum atomic E-state index is 10.4. The van der Waals surface area contributed by atoms with Gasteiger partial charge in [0.05, 0.1) is 12.0 Å². The standard InChI is InChI=1S/C16H14ClNO2/c17-15-8-5-13(6-9-15)4-7-14(11-20-12-19)16-3-1-2-10-18-16/h1-3,5-6,8-12H,4,7H2/b14-11+. The van der Waals surface area contributed by atoms with E-state index in [0.717, 1.165) is 29.1 Å². The van der Waals surface area contributed by atoms with Crippen molar-refractivity contribution in [2.75, 3.05) is 0 Å². The summed E-state index contributed by atoms with van der Waals surface area (Å²) in [5, 5.41) is 0.721. The van der Waals surface area contributed by atoms with E-state index in [0.29, 0.717) is 6.47 Å². The van der Waals surface area contributed by atoms with E-state index >= 15 is 0 Å². The van der Waals surface area contributed by atoms with Crippen LogP contribution in [-0.2, 0) is 16.0 Å². The Morgan fingerprint density at radius 1 is 1.20 bits per heavy atom. The quantitative estimate of drug-likeness (QED) is 0.598. The lowest BCUT2D eigenvalue weighted by Gasteiger charge is -2.06.